The lowest BCUT2D eigenvalue weighted by atomic mass is 9.92. The molecule has 3 aromatic carbocycles. The number of carbonyl (C=O) groups excluding carboxylic acids is 2. The zero-order chi connectivity index (χ0) is 21.8. The Kier molecular flexibility index (Phi) is 6.01. The summed E-state index contributed by atoms with van der Waals surface area (Å²) < 4.78 is 0. The summed E-state index contributed by atoms with van der Waals surface area (Å²) in [7, 11) is 2.15. The van der Waals surface area contributed by atoms with Crippen LogP contribution in [0.1, 0.15) is 44.3 Å². The first-order valence-electron chi connectivity index (χ1n) is 10.7. The van der Waals surface area contributed by atoms with Gasteiger partial charge in [0.2, 0.25) is 0 Å². The molecule has 3 aromatic rings. The zero-order valence-electron chi connectivity index (χ0n) is 18.1. The van der Waals surface area contributed by atoms with Gasteiger partial charge in [-0.1, -0.05) is 66.7 Å². The van der Waals surface area contributed by atoms with Crippen molar-refractivity contribution in [3.8, 4) is 0 Å². The summed E-state index contributed by atoms with van der Waals surface area (Å²) in [5.41, 5.74) is 4.95. The Morgan fingerprint density at radius 2 is 1.39 bits per heavy atom. The minimum absolute atomic E-state index is 0.00262. The Morgan fingerprint density at radius 1 is 0.839 bits per heavy atom. The van der Waals surface area contributed by atoms with Crippen LogP contribution < -0.4 is 5.32 Å². The van der Waals surface area contributed by atoms with Crippen LogP contribution in [0, 0.1) is 0 Å². The third-order valence-corrected chi connectivity index (χ3v) is 6.36. The lowest BCUT2D eigenvalue weighted by Crippen LogP contribution is -2.54. The van der Waals surface area contributed by atoms with Crippen molar-refractivity contribution in [1.29, 1.82) is 0 Å². The molecular weight excluding hydrogens is 384 g/mol. The smallest absolute Gasteiger partial charge is 0.251 e. The van der Waals surface area contributed by atoms with E-state index >= 15 is 0 Å². The number of amides is 1. The maximum Gasteiger partial charge on any atom is 0.251 e. The van der Waals surface area contributed by atoms with Gasteiger partial charge in [-0.15, -0.1) is 0 Å². The van der Waals surface area contributed by atoms with Crippen molar-refractivity contribution in [3.05, 3.63) is 107 Å². The minimum Gasteiger partial charge on any atom is -0.350 e. The molecule has 0 saturated heterocycles. The van der Waals surface area contributed by atoms with Gasteiger partial charge in [-0.05, 0) is 55.6 Å². The zero-order valence-corrected chi connectivity index (χ0v) is 18.1. The number of likely N-dealkylation sites (N-methyl/N-ethyl adjacent to an activating group) is 1. The standard InChI is InChI=1S/C27H28N2O2/c1-20(30)22-12-14-23(15-13-22)26(31)28-19-27(16-24-10-6-7-11-25(24)17-27)29(2)18-21-8-4-3-5-9-21/h3-15H,16-19H2,1-2H3,(H,28,31). The average Bonchev–Trinajstić information content (AvgIpc) is 3.18. The van der Waals surface area contributed by atoms with E-state index in [-0.39, 0.29) is 17.2 Å². The SMILES string of the molecule is CC(=O)c1ccc(C(=O)NCC2(N(C)Cc3ccccc3)Cc3ccccc3C2)cc1. The van der Waals surface area contributed by atoms with Crippen LogP contribution in [0.5, 0.6) is 0 Å². The van der Waals surface area contributed by atoms with Gasteiger partial charge in [0.25, 0.3) is 5.91 Å². The first-order chi connectivity index (χ1) is 15.0. The highest BCUT2D eigenvalue weighted by Gasteiger charge is 2.40. The molecule has 0 atom stereocenters. The lowest BCUT2D eigenvalue weighted by molar-refractivity contribution is 0.0856. The van der Waals surface area contributed by atoms with Crippen molar-refractivity contribution in [1.82, 2.24) is 10.2 Å². The highest BCUT2D eigenvalue weighted by Crippen LogP contribution is 2.34. The lowest BCUT2D eigenvalue weighted by Gasteiger charge is -2.39. The molecule has 31 heavy (non-hydrogen) atoms. The van der Waals surface area contributed by atoms with Crippen LogP contribution >= 0.6 is 0 Å². The minimum atomic E-state index is -0.186. The molecule has 4 nitrogen and oxygen atoms in total. The third kappa shape index (κ3) is 4.59. The van der Waals surface area contributed by atoms with Crippen LogP contribution in [0.25, 0.3) is 0 Å². The van der Waals surface area contributed by atoms with Crippen LogP contribution in [0.2, 0.25) is 0 Å². The maximum absolute atomic E-state index is 12.9. The molecular formula is C27H28N2O2. The molecule has 0 aromatic heterocycles. The van der Waals surface area contributed by atoms with E-state index in [9.17, 15) is 9.59 Å². The molecule has 0 heterocycles. The van der Waals surface area contributed by atoms with Gasteiger partial charge >= 0.3 is 0 Å². The Labute approximate surface area is 183 Å². The molecule has 4 heteroatoms. The molecule has 1 N–H and O–H groups in total. The first kappa shape index (κ1) is 21.0. The van der Waals surface area contributed by atoms with Gasteiger partial charge in [0.1, 0.15) is 0 Å². The van der Waals surface area contributed by atoms with Gasteiger partial charge < -0.3 is 5.32 Å². The quantitative estimate of drug-likeness (QED) is 0.589. The Bertz CT molecular complexity index is 1050. The predicted octanol–water partition coefficient (Wildman–Crippen LogP) is 4.29. The fourth-order valence-electron chi connectivity index (χ4n) is 4.43. The molecule has 0 radical (unpaired) electrons. The van der Waals surface area contributed by atoms with Crippen LogP contribution in [-0.4, -0.2) is 35.7 Å². The van der Waals surface area contributed by atoms with Gasteiger partial charge in [0.15, 0.2) is 5.78 Å². The largest absolute Gasteiger partial charge is 0.350 e. The molecule has 0 saturated carbocycles. The summed E-state index contributed by atoms with van der Waals surface area (Å²) in [5.74, 6) is -0.115. The maximum atomic E-state index is 12.9. The van der Waals surface area contributed by atoms with Gasteiger partial charge in [-0.3, -0.25) is 14.5 Å². The van der Waals surface area contributed by atoms with Crippen molar-refractivity contribution >= 4 is 11.7 Å². The van der Waals surface area contributed by atoms with Crippen molar-refractivity contribution in [2.24, 2.45) is 0 Å². The van der Waals surface area contributed by atoms with E-state index in [4.69, 9.17) is 0 Å². The molecule has 158 valence electrons. The highest BCUT2D eigenvalue weighted by molar-refractivity contribution is 5.97. The first-order valence-corrected chi connectivity index (χ1v) is 10.7. The second kappa shape index (κ2) is 8.86. The number of ketones is 1. The normalized spacial score (nSPS) is 14.3. The van der Waals surface area contributed by atoms with Gasteiger partial charge in [-0.25, -0.2) is 0 Å². The van der Waals surface area contributed by atoms with Gasteiger partial charge in [0, 0.05) is 29.8 Å². The van der Waals surface area contributed by atoms with Crippen molar-refractivity contribution < 1.29 is 9.59 Å². The topological polar surface area (TPSA) is 49.4 Å². The highest BCUT2D eigenvalue weighted by atomic mass is 16.1. The number of benzene rings is 3. The molecule has 0 spiro atoms. The van der Waals surface area contributed by atoms with E-state index in [2.05, 4.69) is 65.8 Å². The molecule has 1 aliphatic carbocycles. The number of nitrogens with zero attached hydrogens (tertiary/aromatic N) is 1. The fourth-order valence-corrected chi connectivity index (χ4v) is 4.43. The monoisotopic (exact) mass is 412 g/mol. The van der Waals surface area contributed by atoms with Gasteiger partial charge in [0.05, 0.1) is 0 Å². The third-order valence-electron chi connectivity index (χ3n) is 6.36. The molecule has 0 unspecified atom stereocenters. The molecule has 0 aliphatic heterocycles. The number of hydrogen-bond acceptors (Lipinski definition) is 3. The van der Waals surface area contributed by atoms with E-state index in [0.717, 1.165) is 19.4 Å². The molecule has 0 bridgehead atoms. The summed E-state index contributed by atoms with van der Waals surface area (Å²) >= 11 is 0. The second-order valence-electron chi connectivity index (χ2n) is 8.50. The molecule has 1 amide bonds. The molecule has 0 fully saturated rings. The number of Topliss-reactive ketones (excluding diaryl/α,β-unsaturated/α-hetero) is 1. The van der Waals surface area contributed by atoms with Crippen LogP contribution in [0.15, 0.2) is 78.9 Å². The van der Waals surface area contributed by atoms with E-state index in [1.54, 1.807) is 24.3 Å². The van der Waals surface area contributed by atoms with Crippen molar-refractivity contribution in [2.45, 2.75) is 31.8 Å². The summed E-state index contributed by atoms with van der Waals surface area (Å²) in [4.78, 5) is 26.7. The van der Waals surface area contributed by atoms with E-state index in [1.807, 2.05) is 6.07 Å². The summed E-state index contributed by atoms with van der Waals surface area (Å²) in [5, 5.41) is 3.17. The fraction of sp³-hybridized carbons (Fsp3) is 0.259. The summed E-state index contributed by atoms with van der Waals surface area (Å²) in [6.07, 6.45) is 1.80. The second-order valence-corrected chi connectivity index (χ2v) is 8.50. The Balaban J connectivity index is 1.52. The Morgan fingerprint density at radius 3 is 1.97 bits per heavy atom. The van der Waals surface area contributed by atoms with Crippen LogP contribution in [-0.2, 0) is 19.4 Å². The van der Waals surface area contributed by atoms with Gasteiger partial charge in [-0.2, -0.15) is 0 Å². The van der Waals surface area contributed by atoms with Crippen LogP contribution in [0.4, 0.5) is 0 Å². The van der Waals surface area contributed by atoms with E-state index in [1.165, 1.54) is 23.6 Å². The number of rotatable bonds is 7. The van der Waals surface area contributed by atoms with E-state index in [0.29, 0.717) is 17.7 Å². The van der Waals surface area contributed by atoms with Crippen molar-refractivity contribution in [2.75, 3.05) is 13.6 Å². The Hall–Kier alpha value is -3.24. The number of fused-ring (bicyclic) bond motifs is 1. The van der Waals surface area contributed by atoms with Crippen molar-refractivity contribution in [3.63, 3.8) is 0 Å². The summed E-state index contributed by atoms with van der Waals surface area (Å²) in [6, 6.07) is 25.8. The predicted molar refractivity (Wildman–Crippen MR) is 123 cm³/mol. The molecule has 1 aliphatic rings. The van der Waals surface area contributed by atoms with E-state index < -0.39 is 0 Å². The number of nitrogens with one attached hydrogen (secondary N) is 1. The summed E-state index contributed by atoms with van der Waals surface area (Å²) in [6.45, 7) is 2.90. The average molecular weight is 413 g/mol. The van der Waals surface area contributed by atoms with Crippen LogP contribution in [0.3, 0.4) is 0 Å². The molecule has 4 rings (SSSR count). The number of hydrogen-bond donors (Lipinski definition) is 1. The number of carbonyl (C=O) groups is 2.